The number of nitriles is 1. The lowest BCUT2D eigenvalue weighted by Gasteiger charge is -2.16. The Hall–Kier alpha value is -2.45. The van der Waals surface area contributed by atoms with E-state index in [2.05, 4.69) is 16.0 Å². The maximum Gasteiger partial charge on any atom is 0.129 e. The zero-order chi connectivity index (χ0) is 13.8. The third-order valence-electron chi connectivity index (χ3n) is 3.18. The van der Waals surface area contributed by atoms with Crippen LogP contribution in [0.15, 0.2) is 36.9 Å². The highest BCUT2D eigenvalue weighted by atomic mass is 16.5. The Kier molecular flexibility index (Phi) is 3.57. The third-order valence-corrected chi connectivity index (χ3v) is 3.18. The van der Waals surface area contributed by atoms with Crippen LogP contribution in [0.1, 0.15) is 12.0 Å². The first-order valence-corrected chi connectivity index (χ1v) is 6.41. The molecule has 0 saturated carbocycles. The van der Waals surface area contributed by atoms with Gasteiger partial charge in [0.15, 0.2) is 0 Å². The highest BCUT2D eigenvalue weighted by molar-refractivity contribution is 5.75. The number of benzene rings is 1. The maximum atomic E-state index is 9.29. The summed E-state index contributed by atoms with van der Waals surface area (Å²) in [5.74, 6) is 0.675. The Balaban J connectivity index is 2.03. The number of ether oxygens (including phenoxy) is 2. The normalized spacial score (nSPS) is 17.6. The minimum atomic E-state index is 0.0346. The summed E-state index contributed by atoms with van der Waals surface area (Å²) in [6.45, 7) is 1.30. The van der Waals surface area contributed by atoms with Crippen LogP contribution in [0.25, 0.3) is 11.1 Å². The molecule has 0 amide bonds. The zero-order valence-corrected chi connectivity index (χ0v) is 10.8. The lowest BCUT2D eigenvalue weighted by molar-refractivity contribution is 0.141. The molecule has 5 heteroatoms. The van der Waals surface area contributed by atoms with Crippen molar-refractivity contribution >= 4 is 0 Å². The van der Waals surface area contributed by atoms with Crippen LogP contribution in [0, 0.1) is 11.3 Å². The van der Waals surface area contributed by atoms with E-state index in [1.54, 1.807) is 18.5 Å². The molecular weight excluding hydrogens is 254 g/mol. The van der Waals surface area contributed by atoms with E-state index in [1.165, 1.54) is 6.33 Å². The molecule has 2 heterocycles. The number of nitrogens with zero attached hydrogens (tertiary/aromatic N) is 3. The van der Waals surface area contributed by atoms with Gasteiger partial charge in [-0.25, -0.2) is 9.97 Å². The SMILES string of the molecule is N#Cc1cccc(OC2CCOC2)c1-c1cncnc1. The van der Waals surface area contributed by atoms with Crippen molar-refractivity contribution in [1.82, 2.24) is 9.97 Å². The van der Waals surface area contributed by atoms with Gasteiger partial charge in [-0.2, -0.15) is 5.26 Å². The predicted octanol–water partition coefficient (Wildman–Crippen LogP) is 2.18. The number of hydrogen-bond acceptors (Lipinski definition) is 5. The summed E-state index contributed by atoms with van der Waals surface area (Å²) < 4.78 is 11.3. The fourth-order valence-corrected chi connectivity index (χ4v) is 2.23. The molecule has 1 atom stereocenters. The first-order chi connectivity index (χ1) is 9.88. The van der Waals surface area contributed by atoms with Crippen molar-refractivity contribution in [2.24, 2.45) is 0 Å². The molecule has 1 saturated heterocycles. The van der Waals surface area contributed by atoms with E-state index >= 15 is 0 Å². The van der Waals surface area contributed by atoms with Crippen LogP contribution < -0.4 is 4.74 Å². The van der Waals surface area contributed by atoms with Gasteiger partial charge in [-0.05, 0) is 12.1 Å². The monoisotopic (exact) mass is 267 g/mol. The molecule has 0 radical (unpaired) electrons. The van der Waals surface area contributed by atoms with E-state index in [4.69, 9.17) is 9.47 Å². The van der Waals surface area contributed by atoms with Crippen LogP contribution in [0.4, 0.5) is 0 Å². The first kappa shape index (κ1) is 12.6. The van der Waals surface area contributed by atoms with E-state index in [1.807, 2.05) is 12.1 Å². The van der Waals surface area contributed by atoms with Crippen LogP contribution in [0.2, 0.25) is 0 Å². The fraction of sp³-hybridized carbons (Fsp3) is 0.267. The van der Waals surface area contributed by atoms with Crippen molar-refractivity contribution in [1.29, 1.82) is 5.26 Å². The third kappa shape index (κ3) is 2.46. The Bertz CT molecular complexity index is 631. The van der Waals surface area contributed by atoms with E-state index in [0.29, 0.717) is 24.5 Å². The maximum absolute atomic E-state index is 9.29. The van der Waals surface area contributed by atoms with Gasteiger partial charge in [0.1, 0.15) is 18.2 Å². The van der Waals surface area contributed by atoms with Gasteiger partial charge in [0.2, 0.25) is 0 Å². The Morgan fingerprint density at radius 2 is 2.15 bits per heavy atom. The van der Waals surface area contributed by atoms with Crippen molar-refractivity contribution in [2.75, 3.05) is 13.2 Å². The standard InChI is InChI=1S/C15H13N3O2/c16-6-11-2-1-3-14(20-13-4-5-19-9-13)15(11)12-7-17-10-18-8-12/h1-3,7-8,10,13H,4-5,9H2. The molecule has 100 valence electrons. The van der Waals surface area contributed by atoms with Gasteiger partial charge in [-0.15, -0.1) is 0 Å². The van der Waals surface area contributed by atoms with Gasteiger partial charge in [0.25, 0.3) is 0 Å². The largest absolute Gasteiger partial charge is 0.487 e. The molecular formula is C15H13N3O2. The fourth-order valence-electron chi connectivity index (χ4n) is 2.23. The van der Waals surface area contributed by atoms with E-state index in [-0.39, 0.29) is 6.10 Å². The van der Waals surface area contributed by atoms with E-state index in [0.717, 1.165) is 17.5 Å². The summed E-state index contributed by atoms with van der Waals surface area (Å²) in [4.78, 5) is 8.02. The second-order valence-electron chi connectivity index (χ2n) is 4.52. The summed E-state index contributed by atoms with van der Waals surface area (Å²) in [6.07, 6.45) is 5.72. The minimum absolute atomic E-state index is 0.0346. The van der Waals surface area contributed by atoms with Crippen LogP contribution >= 0.6 is 0 Å². The van der Waals surface area contributed by atoms with Crippen molar-refractivity contribution in [3.63, 3.8) is 0 Å². The summed E-state index contributed by atoms with van der Waals surface area (Å²) in [6, 6.07) is 7.64. The van der Waals surface area contributed by atoms with Gasteiger partial charge >= 0.3 is 0 Å². The quantitative estimate of drug-likeness (QED) is 0.852. The van der Waals surface area contributed by atoms with Gasteiger partial charge in [0, 0.05) is 29.9 Å². The molecule has 1 aromatic heterocycles. The van der Waals surface area contributed by atoms with Crippen LogP contribution in [0.3, 0.4) is 0 Å². The number of aromatic nitrogens is 2. The van der Waals surface area contributed by atoms with Crippen LogP contribution in [-0.4, -0.2) is 29.3 Å². The molecule has 1 aliphatic heterocycles. The average Bonchev–Trinajstić information content (AvgIpc) is 3.01. The van der Waals surface area contributed by atoms with Gasteiger partial charge in [0.05, 0.1) is 24.8 Å². The molecule has 1 aromatic carbocycles. The molecule has 0 aliphatic carbocycles. The van der Waals surface area contributed by atoms with Gasteiger partial charge < -0.3 is 9.47 Å². The summed E-state index contributed by atoms with van der Waals surface area (Å²) in [7, 11) is 0. The smallest absolute Gasteiger partial charge is 0.129 e. The average molecular weight is 267 g/mol. The summed E-state index contributed by atoms with van der Waals surface area (Å²) in [5, 5.41) is 9.29. The topological polar surface area (TPSA) is 68.0 Å². The molecule has 1 unspecified atom stereocenters. The molecule has 3 rings (SSSR count). The lowest BCUT2D eigenvalue weighted by atomic mass is 10.0. The number of hydrogen-bond donors (Lipinski definition) is 0. The molecule has 0 spiro atoms. The summed E-state index contributed by atoms with van der Waals surface area (Å²) >= 11 is 0. The summed E-state index contributed by atoms with van der Waals surface area (Å²) in [5.41, 5.74) is 2.07. The highest BCUT2D eigenvalue weighted by Crippen LogP contribution is 2.33. The first-order valence-electron chi connectivity index (χ1n) is 6.41. The molecule has 2 aromatic rings. The van der Waals surface area contributed by atoms with Crippen LogP contribution in [-0.2, 0) is 4.74 Å². The minimum Gasteiger partial charge on any atom is -0.487 e. The second-order valence-corrected chi connectivity index (χ2v) is 4.52. The second kappa shape index (κ2) is 5.68. The van der Waals surface area contributed by atoms with Crippen molar-refractivity contribution < 1.29 is 9.47 Å². The molecule has 1 aliphatic rings. The molecule has 20 heavy (non-hydrogen) atoms. The van der Waals surface area contributed by atoms with E-state index in [9.17, 15) is 5.26 Å². The number of rotatable bonds is 3. The Morgan fingerprint density at radius 1 is 1.30 bits per heavy atom. The van der Waals surface area contributed by atoms with E-state index < -0.39 is 0 Å². The highest BCUT2D eigenvalue weighted by Gasteiger charge is 2.20. The van der Waals surface area contributed by atoms with Crippen molar-refractivity contribution in [3.8, 4) is 22.9 Å². The predicted molar refractivity (Wildman–Crippen MR) is 72.0 cm³/mol. The Labute approximate surface area is 116 Å². The van der Waals surface area contributed by atoms with Gasteiger partial charge in [-0.1, -0.05) is 6.07 Å². The lowest BCUT2D eigenvalue weighted by Crippen LogP contribution is -2.16. The molecule has 5 nitrogen and oxygen atoms in total. The van der Waals surface area contributed by atoms with Gasteiger partial charge in [-0.3, -0.25) is 0 Å². The molecule has 1 fully saturated rings. The molecule has 0 bridgehead atoms. The van der Waals surface area contributed by atoms with Crippen molar-refractivity contribution in [3.05, 3.63) is 42.5 Å². The Morgan fingerprint density at radius 3 is 2.85 bits per heavy atom. The molecule has 0 N–H and O–H groups in total. The van der Waals surface area contributed by atoms with Crippen LogP contribution in [0.5, 0.6) is 5.75 Å². The zero-order valence-electron chi connectivity index (χ0n) is 10.8. The van der Waals surface area contributed by atoms with Crippen molar-refractivity contribution in [2.45, 2.75) is 12.5 Å².